The highest BCUT2D eigenvalue weighted by Crippen LogP contribution is 2.28. The van der Waals surface area contributed by atoms with Gasteiger partial charge in [-0.05, 0) is 24.6 Å². The van der Waals surface area contributed by atoms with Crippen molar-refractivity contribution in [3.05, 3.63) is 66.5 Å². The first-order valence-electron chi connectivity index (χ1n) is 7.86. The minimum atomic E-state index is -4.26. The molecular weight excluding hydrogens is 404 g/mol. The molecule has 12 nitrogen and oxygen atoms in total. The van der Waals surface area contributed by atoms with Crippen molar-refractivity contribution in [2.45, 2.75) is 11.8 Å². The molecule has 2 heterocycles. The molecule has 13 heteroatoms. The number of H-pyrrole nitrogens is 1. The molecule has 1 aromatic carbocycles. The summed E-state index contributed by atoms with van der Waals surface area (Å²) in [4.78, 5) is 39.4. The molecule has 0 radical (unpaired) electrons. The first kappa shape index (κ1) is 19.7. The van der Waals surface area contributed by atoms with Crippen molar-refractivity contribution in [2.75, 3.05) is 4.72 Å². The smallest absolute Gasteiger partial charge is 0.281 e. The highest BCUT2D eigenvalue weighted by Gasteiger charge is 2.22. The fourth-order valence-electron chi connectivity index (χ4n) is 2.61. The number of nitrogens with zero attached hydrogens (tertiary/aromatic N) is 4. The van der Waals surface area contributed by atoms with Gasteiger partial charge in [-0.2, -0.15) is 5.26 Å². The summed E-state index contributed by atoms with van der Waals surface area (Å²) in [6, 6.07) is 4.83. The molecule has 3 rings (SSSR count). The first-order valence-corrected chi connectivity index (χ1v) is 9.34. The SMILES string of the molecule is Cc1cc([N+](=O)[O-])c(C#N)cc1NS(=O)(=O)c1cnc2c(c1)c(=O)[nH]c(=O)n2C. The van der Waals surface area contributed by atoms with E-state index in [0.717, 1.165) is 29.0 Å². The lowest BCUT2D eigenvalue weighted by atomic mass is 10.1. The molecule has 2 aromatic heterocycles. The van der Waals surface area contributed by atoms with E-state index in [1.807, 2.05) is 4.98 Å². The third-order valence-electron chi connectivity index (χ3n) is 4.14. The standard InChI is InChI=1S/C16H12N6O6S/c1-8-3-13(22(25)26)9(6-17)4-12(8)20-29(27,28)10-5-11-14(18-7-10)21(2)16(24)19-15(11)23/h3-5,7,20H,1-2H3,(H,19,23,24). The van der Waals surface area contributed by atoms with Gasteiger partial charge in [-0.25, -0.2) is 18.2 Å². The molecular formula is C16H12N6O6S. The van der Waals surface area contributed by atoms with Gasteiger partial charge in [-0.15, -0.1) is 0 Å². The molecule has 29 heavy (non-hydrogen) atoms. The molecule has 3 aromatic rings. The van der Waals surface area contributed by atoms with Crippen molar-refractivity contribution in [3.63, 3.8) is 0 Å². The topological polar surface area (TPSA) is 181 Å². The largest absolute Gasteiger partial charge is 0.329 e. The number of rotatable bonds is 4. The second kappa shape index (κ2) is 6.84. The Morgan fingerprint density at radius 3 is 2.62 bits per heavy atom. The predicted molar refractivity (Wildman–Crippen MR) is 101 cm³/mol. The van der Waals surface area contributed by atoms with Crippen molar-refractivity contribution in [2.24, 2.45) is 7.05 Å². The van der Waals surface area contributed by atoms with E-state index >= 15 is 0 Å². The van der Waals surface area contributed by atoms with E-state index in [-0.39, 0.29) is 32.7 Å². The molecule has 0 aliphatic carbocycles. The Bertz CT molecular complexity index is 1450. The maximum Gasteiger partial charge on any atom is 0.329 e. The summed E-state index contributed by atoms with van der Waals surface area (Å²) in [6.45, 7) is 1.44. The molecule has 0 saturated heterocycles. The molecule has 0 spiro atoms. The van der Waals surface area contributed by atoms with Crippen LogP contribution in [0.3, 0.4) is 0 Å². The van der Waals surface area contributed by atoms with E-state index < -0.39 is 31.9 Å². The second-order valence-corrected chi connectivity index (χ2v) is 7.70. The number of nitro benzene ring substituents is 1. The maximum atomic E-state index is 12.7. The number of aromatic amines is 1. The number of nitro groups is 1. The second-order valence-electron chi connectivity index (χ2n) is 6.02. The van der Waals surface area contributed by atoms with Gasteiger partial charge in [0.1, 0.15) is 22.2 Å². The molecule has 0 fully saturated rings. The zero-order valence-electron chi connectivity index (χ0n) is 15.0. The number of anilines is 1. The molecule has 2 N–H and O–H groups in total. The van der Waals surface area contributed by atoms with Crippen LogP contribution in [0.4, 0.5) is 11.4 Å². The Labute approximate surface area is 162 Å². The number of aryl methyl sites for hydroxylation is 2. The molecule has 0 bridgehead atoms. The van der Waals surface area contributed by atoms with Crippen LogP contribution >= 0.6 is 0 Å². The third-order valence-corrected chi connectivity index (χ3v) is 5.48. The average molecular weight is 416 g/mol. The van der Waals surface area contributed by atoms with Gasteiger partial charge in [0.15, 0.2) is 0 Å². The van der Waals surface area contributed by atoms with E-state index in [2.05, 4.69) is 9.71 Å². The molecule has 0 unspecified atom stereocenters. The molecule has 0 aliphatic rings. The van der Waals surface area contributed by atoms with Crippen LogP contribution in [0.1, 0.15) is 11.1 Å². The van der Waals surface area contributed by atoms with Crippen LogP contribution in [0.25, 0.3) is 11.0 Å². The van der Waals surface area contributed by atoms with Gasteiger partial charge in [-0.1, -0.05) is 0 Å². The predicted octanol–water partition coefficient (Wildman–Crippen LogP) is 0.511. The normalized spacial score (nSPS) is 11.2. The zero-order chi connectivity index (χ0) is 21.5. The Morgan fingerprint density at radius 1 is 1.31 bits per heavy atom. The minimum Gasteiger partial charge on any atom is -0.281 e. The number of nitriles is 1. The minimum absolute atomic E-state index is 0.00372. The van der Waals surface area contributed by atoms with Gasteiger partial charge in [0.05, 0.1) is 16.0 Å². The Hall–Kier alpha value is -4.05. The maximum absolute atomic E-state index is 12.7. The average Bonchev–Trinajstić information content (AvgIpc) is 2.66. The van der Waals surface area contributed by atoms with Gasteiger partial charge in [0, 0.05) is 19.3 Å². The Morgan fingerprint density at radius 2 is 2.00 bits per heavy atom. The summed E-state index contributed by atoms with van der Waals surface area (Å²) >= 11 is 0. The van der Waals surface area contributed by atoms with Crippen molar-refractivity contribution >= 4 is 32.4 Å². The fourth-order valence-corrected chi connectivity index (χ4v) is 3.70. The van der Waals surface area contributed by atoms with Crippen LogP contribution in [0.2, 0.25) is 0 Å². The van der Waals surface area contributed by atoms with Crippen LogP contribution in [-0.2, 0) is 17.1 Å². The molecule has 0 atom stereocenters. The quantitative estimate of drug-likeness (QED) is 0.455. The number of nitrogens with one attached hydrogen (secondary N) is 2. The van der Waals surface area contributed by atoms with E-state index in [4.69, 9.17) is 5.26 Å². The van der Waals surface area contributed by atoms with Gasteiger partial charge in [0.25, 0.3) is 21.3 Å². The lowest BCUT2D eigenvalue weighted by Gasteiger charge is -2.12. The number of hydrogen-bond donors (Lipinski definition) is 2. The number of hydrogen-bond acceptors (Lipinski definition) is 8. The van der Waals surface area contributed by atoms with E-state index in [0.29, 0.717) is 0 Å². The number of aromatic nitrogens is 3. The number of fused-ring (bicyclic) bond motifs is 1. The summed E-state index contributed by atoms with van der Waals surface area (Å²) in [7, 11) is -2.89. The van der Waals surface area contributed by atoms with E-state index in [1.54, 1.807) is 6.07 Å². The third kappa shape index (κ3) is 3.44. The molecule has 0 aliphatic heterocycles. The summed E-state index contributed by atoms with van der Waals surface area (Å²) in [5.74, 6) is 0. The van der Waals surface area contributed by atoms with Crippen LogP contribution in [0, 0.1) is 28.4 Å². The lowest BCUT2D eigenvalue weighted by Crippen LogP contribution is -2.29. The van der Waals surface area contributed by atoms with E-state index in [9.17, 15) is 28.1 Å². The van der Waals surface area contributed by atoms with Crippen LogP contribution in [0.15, 0.2) is 38.9 Å². The van der Waals surface area contributed by atoms with Gasteiger partial charge in [0.2, 0.25) is 0 Å². The monoisotopic (exact) mass is 416 g/mol. The summed E-state index contributed by atoms with van der Waals surface area (Å²) in [5, 5.41) is 20.0. The van der Waals surface area contributed by atoms with Gasteiger partial charge < -0.3 is 0 Å². The Balaban J connectivity index is 2.12. The summed E-state index contributed by atoms with van der Waals surface area (Å²) in [6.07, 6.45) is 0.968. The van der Waals surface area contributed by atoms with Crippen molar-refractivity contribution < 1.29 is 13.3 Å². The number of benzene rings is 1. The molecule has 148 valence electrons. The summed E-state index contributed by atoms with van der Waals surface area (Å²) < 4.78 is 28.7. The first-order chi connectivity index (χ1) is 13.5. The fraction of sp³-hybridized carbons (Fsp3) is 0.125. The molecule has 0 saturated carbocycles. The van der Waals surface area contributed by atoms with Gasteiger partial charge in [-0.3, -0.25) is 29.2 Å². The Kier molecular flexibility index (Phi) is 4.65. The van der Waals surface area contributed by atoms with Gasteiger partial charge >= 0.3 is 5.69 Å². The van der Waals surface area contributed by atoms with Crippen LogP contribution in [-0.4, -0.2) is 27.9 Å². The van der Waals surface area contributed by atoms with E-state index in [1.165, 1.54) is 14.0 Å². The van der Waals surface area contributed by atoms with Crippen molar-refractivity contribution in [1.29, 1.82) is 5.26 Å². The highest BCUT2D eigenvalue weighted by atomic mass is 32.2. The number of sulfonamides is 1. The lowest BCUT2D eigenvalue weighted by molar-refractivity contribution is -0.385. The van der Waals surface area contributed by atoms with Crippen LogP contribution in [0.5, 0.6) is 0 Å². The van der Waals surface area contributed by atoms with Crippen molar-refractivity contribution in [3.8, 4) is 6.07 Å². The number of pyridine rings is 1. The molecule has 0 amide bonds. The highest BCUT2D eigenvalue weighted by molar-refractivity contribution is 7.92. The van der Waals surface area contributed by atoms with Crippen LogP contribution < -0.4 is 16.0 Å². The summed E-state index contributed by atoms with van der Waals surface area (Å²) in [5.41, 5.74) is -2.10. The zero-order valence-corrected chi connectivity index (χ0v) is 15.8. The van der Waals surface area contributed by atoms with Crippen molar-refractivity contribution in [1.82, 2.24) is 14.5 Å².